The van der Waals surface area contributed by atoms with Gasteiger partial charge in [0.1, 0.15) is 11.3 Å². The Morgan fingerprint density at radius 2 is 2.78 bits per heavy atom. The van der Waals surface area contributed by atoms with E-state index in [-0.39, 0.29) is 5.91 Å². The number of carbonyl (C=O) groups is 1. The van der Waals surface area contributed by atoms with E-state index in [1.54, 1.807) is 0 Å². The number of hydrogen-bond donors (Lipinski definition) is 0. The maximum absolute atomic E-state index is 10.5. The van der Waals surface area contributed by atoms with Gasteiger partial charge in [0.15, 0.2) is 0 Å². The second kappa shape index (κ2) is 2.68. The van der Waals surface area contributed by atoms with Crippen molar-refractivity contribution in [3.8, 4) is 0 Å². The molecule has 0 radical (unpaired) electrons. The Labute approximate surface area is 56.8 Å². The molecular weight excluding hydrogens is 138 g/mol. The molecule has 48 valence electrons. The van der Waals surface area contributed by atoms with Crippen LogP contribution in [0.3, 0.4) is 0 Å². The van der Waals surface area contributed by atoms with Gasteiger partial charge in [-0.3, -0.25) is 0 Å². The number of ether oxygens (including phenoxy) is 1. The van der Waals surface area contributed by atoms with Gasteiger partial charge in [-0.15, -0.1) is 11.8 Å². The predicted octanol–water partition coefficient (Wildman–Crippen LogP) is 0.651. The summed E-state index contributed by atoms with van der Waals surface area (Å²) in [6.45, 7) is 3.42. The Kier molecular flexibility index (Phi) is 1.89. The number of nitrogens with zero attached hydrogens (tertiary/aromatic N) is 1. The summed E-state index contributed by atoms with van der Waals surface area (Å²) in [5, 5.41) is 1.53. The molecule has 1 unspecified atom stereocenters. The van der Waals surface area contributed by atoms with Crippen molar-refractivity contribution in [3.05, 3.63) is 12.0 Å². The summed E-state index contributed by atoms with van der Waals surface area (Å²) in [7, 11) is 0. The molecule has 1 aliphatic heterocycles. The molecule has 0 bridgehead atoms. The van der Waals surface area contributed by atoms with Crippen molar-refractivity contribution < 1.29 is 9.53 Å². The molecule has 0 aromatic heterocycles. The maximum Gasteiger partial charge on any atom is 0.138 e. The summed E-state index contributed by atoms with van der Waals surface area (Å²) in [6, 6.07) is 0. The van der Waals surface area contributed by atoms with E-state index in [1.807, 2.05) is 0 Å². The van der Waals surface area contributed by atoms with E-state index < -0.39 is 5.44 Å². The highest BCUT2D eigenvalue weighted by molar-refractivity contribution is 8.03. The van der Waals surface area contributed by atoms with Gasteiger partial charge in [0.25, 0.3) is 0 Å². The number of aliphatic imine (C=N–C) groups is 1. The lowest BCUT2D eigenvalue weighted by Crippen LogP contribution is -2.09. The fourth-order valence-corrected chi connectivity index (χ4v) is 0.838. The van der Waals surface area contributed by atoms with Crippen molar-refractivity contribution in [1.82, 2.24) is 0 Å². The van der Waals surface area contributed by atoms with Crippen LogP contribution in [0.15, 0.2) is 17.0 Å². The van der Waals surface area contributed by atoms with E-state index in [2.05, 4.69) is 22.7 Å². The maximum atomic E-state index is 10.5. The minimum atomic E-state index is -0.539. The van der Waals surface area contributed by atoms with Crippen molar-refractivity contribution in [2.45, 2.75) is 5.44 Å². The van der Waals surface area contributed by atoms with Crippen molar-refractivity contribution in [3.63, 3.8) is 0 Å². The fourth-order valence-electron chi connectivity index (χ4n) is 0.396. The van der Waals surface area contributed by atoms with Gasteiger partial charge in [-0.05, 0) is 5.41 Å². The predicted molar refractivity (Wildman–Crippen MR) is 35.1 cm³/mol. The van der Waals surface area contributed by atoms with E-state index in [9.17, 15) is 4.79 Å². The molecule has 1 amide bonds. The summed E-state index contributed by atoms with van der Waals surface area (Å²) < 4.78 is 4.63. The van der Waals surface area contributed by atoms with Crippen LogP contribution in [0.25, 0.3) is 0 Å². The van der Waals surface area contributed by atoms with Crippen LogP contribution < -0.4 is 0 Å². The zero-order valence-electron chi connectivity index (χ0n) is 4.53. The molecule has 0 spiro atoms. The second-order valence-corrected chi connectivity index (χ2v) is 2.33. The van der Waals surface area contributed by atoms with Gasteiger partial charge < -0.3 is 14.5 Å². The normalized spacial score (nSPS) is 24.0. The molecule has 1 atom stereocenters. The smallest absolute Gasteiger partial charge is 0.138 e. The molecule has 1 rings (SSSR count). The van der Waals surface area contributed by atoms with Gasteiger partial charge in [-0.2, -0.15) is 0 Å². The number of carbonyl (C=O) groups excluding carboxylic acids is 1. The molecule has 0 aliphatic carbocycles. The van der Waals surface area contributed by atoms with Crippen LogP contribution in [-0.4, -0.2) is 17.7 Å². The Morgan fingerprint density at radius 1 is 2.00 bits per heavy atom. The molecule has 4 heteroatoms. The molecular formula is C5H4NO2S-. The summed E-state index contributed by atoms with van der Waals surface area (Å²) in [6.07, 6.45) is 2.11. The molecule has 9 heavy (non-hydrogen) atoms. The quantitative estimate of drug-likeness (QED) is 0.531. The molecule has 0 aromatic carbocycles. The van der Waals surface area contributed by atoms with Gasteiger partial charge in [0, 0.05) is 6.40 Å². The van der Waals surface area contributed by atoms with Crippen LogP contribution in [0.4, 0.5) is 0 Å². The van der Waals surface area contributed by atoms with Gasteiger partial charge in [-0.25, -0.2) is 0 Å². The van der Waals surface area contributed by atoms with E-state index in [0.717, 1.165) is 0 Å². The fraction of sp³-hybridized carbons (Fsp3) is 0.200. The molecule has 0 saturated carbocycles. The molecule has 0 aromatic rings. The minimum absolute atomic E-state index is 0.306. The van der Waals surface area contributed by atoms with Crippen LogP contribution in [0.5, 0.6) is 0 Å². The number of hydrogen-bond acceptors (Lipinski definition) is 3. The third kappa shape index (κ3) is 1.32. The van der Waals surface area contributed by atoms with Crippen LogP contribution in [0.2, 0.25) is 0 Å². The van der Waals surface area contributed by atoms with Crippen molar-refractivity contribution >= 4 is 24.1 Å². The monoisotopic (exact) mass is 142 g/mol. The lowest BCUT2D eigenvalue weighted by molar-refractivity contribution is -0.119. The van der Waals surface area contributed by atoms with E-state index in [1.165, 1.54) is 17.2 Å². The van der Waals surface area contributed by atoms with Crippen molar-refractivity contribution in [2.75, 3.05) is 0 Å². The zero-order chi connectivity index (χ0) is 6.69. The Balaban J connectivity index is 2.45. The molecule has 0 fully saturated rings. The highest BCUT2D eigenvalue weighted by atomic mass is 32.2. The third-order valence-corrected chi connectivity index (χ3v) is 1.47. The summed E-state index contributed by atoms with van der Waals surface area (Å²) in [5.41, 5.74) is -0.539. The van der Waals surface area contributed by atoms with Gasteiger partial charge >= 0.3 is 0 Å². The summed E-state index contributed by atoms with van der Waals surface area (Å²) >= 11 is 1.18. The Bertz CT molecular complexity index is 166. The summed E-state index contributed by atoms with van der Waals surface area (Å²) in [4.78, 5) is 13.8. The second-order valence-electron chi connectivity index (χ2n) is 1.29. The molecule has 0 saturated heterocycles. The zero-order valence-corrected chi connectivity index (χ0v) is 5.35. The minimum Gasteiger partial charge on any atom is -0.568 e. The van der Waals surface area contributed by atoms with Crippen molar-refractivity contribution in [1.29, 1.82) is 0 Å². The molecule has 3 nitrogen and oxygen atoms in total. The van der Waals surface area contributed by atoms with Gasteiger partial charge in [0.05, 0.1) is 0 Å². The molecule has 1 aliphatic rings. The number of rotatable bonds is 2. The first-order chi connectivity index (χ1) is 4.34. The van der Waals surface area contributed by atoms with Crippen LogP contribution >= 0.6 is 11.8 Å². The standard InChI is InChI=1S/C5H4NO2S/c1-2-9-5-4(7)6-3-8-5/h2,5H,1H2/q-1. The highest BCUT2D eigenvalue weighted by Crippen LogP contribution is 2.16. The average Bonchev–Trinajstić information content (AvgIpc) is 2.18. The van der Waals surface area contributed by atoms with E-state index in [4.69, 9.17) is 0 Å². The van der Waals surface area contributed by atoms with Crippen LogP contribution in [0, 0.1) is 0 Å². The largest absolute Gasteiger partial charge is 0.568 e. The average molecular weight is 142 g/mol. The first-order valence-electron chi connectivity index (χ1n) is 2.26. The van der Waals surface area contributed by atoms with Gasteiger partial charge in [-0.1, -0.05) is 6.58 Å². The van der Waals surface area contributed by atoms with Gasteiger partial charge in [0.2, 0.25) is 0 Å². The van der Waals surface area contributed by atoms with Crippen LogP contribution in [0.1, 0.15) is 0 Å². The highest BCUT2D eigenvalue weighted by Gasteiger charge is 2.10. The molecule has 0 N–H and O–H groups in total. The SMILES string of the molecule is C=CSC1O[C-]=NC1=O. The molecule has 1 heterocycles. The van der Waals surface area contributed by atoms with E-state index in [0.29, 0.717) is 0 Å². The lowest BCUT2D eigenvalue weighted by atomic mass is 10.7. The third-order valence-electron chi connectivity index (χ3n) is 0.737. The first-order valence-corrected chi connectivity index (χ1v) is 3.20. The topological polar surface area (TPSA) is 38.7 Å². The van der Waals surface area contributed by atoms with E-state index >= 15 is 0 Å². The van der Waals surface area contributed by atoms with Crippen molar-refractivity contribution in [2.24, 2.45) is 4.99 Å². The number of amides is 1. The lowest BCUT2D eigenvalue weighted by Gasteiger charge is -2.08. The van der Waals surface area contributed by atoms with Crippen LogP contribution in [-0.2, 0) is 9.53 Å². The number of thioether (sulfide) groups is 1. The Hall–Kier alpha value is -0.770. The Morgan fingerprint density at radius 3 is 3.22 bits per heavy atom. The first kappa shape index (κ1) is 6.35. The summed E-state index contributed by atoms with van der Waals surface area (Å²) in [5.74, 6) is -0.306.